The van der Waals surface area contributed by atoms with E-state index >= 15 is 0 Å². The second kappa shape index (κ2) is 5.36. The van der Waals surface area contributed by atoms with Gasteiger partial charge in [-0.1, -0.05) is 17.7 Å². The van der Waals surface area contributed by atoms with Crippen molar-refractivity contribution in [2.45, 2.75) is 13.0 Å². The van der Waals surface area contributed by atoms with Crippen LogP contribution in [0, 0.1) is 5.82 Å². The number of aromatic hydroxyl groups is 2. The number of hydrogen-bond donors (Lipinski definition) is 3. The molecule has 0 aromatic heterocycles. The zero-order valence-corrected chi connectivity index (χ0v) is 10.9. The molecule has 3 nitrogen and oxygen atoms in total. The molecule has 0 aliphatic heterocycles. The number of para-hydroxylation sites is 1. The first-order valence-corrected chi connectivity index (χ1v) is 6.09. The van der Waals surface area contributed by atoms with E-state index in [0.29, 0.717) is 5.56 Å². The van der Waals surface area contributed by atoms with Crippen LogP contribution in [0.3, 0.4) is 0 Å². The smallest absolute Gasteiger partial charge is 0.147 e. The van der Waals surface area contributed by atoms with Crippen molar-refractivity contribution in [2.24, 2.45) is 0 Å². The summed E-state index contributed by atoms with van der Waals surface area (Å²) >= 11 is 5.92. The largest absolute Gasteiger partial charge is 0.508 e. The predicted molar refractivity (Wildman–Crippen MR) is 73.2 cm³/mol. The van der Waals surface area contributed by atoms with Crippen LogP contribution in [0.4, 0.5) is 10.1 Å². The molecule has 2 rings (SSSR count). The normalized spacial score (nSPS) is 12.2. The van der Waals surface area contributed by atoms with Crippen LogP contribution in [0.25, 0.3) is 0 Å². The molecule has 0 aliphatic carbocycles. The minimum absolute atomic E-state index is 0.0302. The molecular weight excluding hydrogens is 269 g/mol. The van der Waals surface area contributed by atoms with Gasteiger partial charge in [-0.15, -0.1) is 0 Å². The number of hydrogen-bond acceptors (Lipinski definition) is 3. The molecule has 0 aliphatic rings. The number of nitrogens with one attached hydrogen (secondary N) is 1. The molecule has 1 unspecified atom stereocenters. The zero-order valence-electron chi connectivity index (χ0n) is 10.2. The van der Waals surface area contributed by atoms with Gasteiger partial charge in [-0.25, -0.2) is 4.39 Å². The summed E-state index contributed by atoms with van der Waals surface area (Å²) in [5, 5.41) is 22.2. The Labute approximate surface area is 115 Å². The van der Waals surface area contributed by atoms with E-state index < -0.39 is 5.82 Å². The Kier molecular flexibility index (Phi) is 3.81. The number of benzene rings is 2. The second-order valence-corrected chi connectivity index (χ2v) is 4.61. The minimum atomic E-state index is -0.461. The van der Waals surface area contributed by atoms with Crippen molar-refractivity contribution in [3.05, 3.63) is 52.8 Å². The molecule has 0 radical (unpaired) electrons. The first-order valence-electron chi connectivity index (χ1n) is 5.71. The summed E-state index contributed by atoms with van der Waals surface area (Å²) in [6.07, 6.45) is 0. The Hall–Kier alpha value is -1.94. The number of rotatable bonds is 3. The summed E-state index contributed by atoms with van der Waals surface area (Å²) in [6, 6.07) is 8.29. The van der Waals surface area contributed by atoms with Crippen LogP contribution >= 0.6 is 11.6 Å². The van der Waals surface area contributed by atoms with Crippen LogP contribution < -0.4 is 5.32 Å². The van der Waals surface area contributed by atoms with Crippen molar-refractivity contribution in [3.8, 4) is 11.5 Å². The Morgan fingerprint density at radius 2 is 1.95 bits per heavy atom. The van der Waals surface area contributed by atoms with Gasteiger partial charge in [-0.3, -0.25) is 0 Å². The van der Waals surface area contributed by atoms with E-state index in [0.717, 1.165) is 0 Å². The third kappa shape index (κ3) is 2.90. The molecule has 2 aromatic rings. The lowest BCUT2D eigenvalue weighted by molar-refractivity contribution is 0.444. The van der Waals surface area contributed by atoms with Crippen molar-refractivity contribution >= 4 is 17.3 Å². The quantitative estimate of drug-likeness (QED) is 0.795. The van der Waals surface area contributed by atoms with Crippen LogP contribution in [-0.2, 0) is 0 Å². The molecule has 3 N–H and O–H groups in total. The maximum absolute atomic E-state index is 13.6. The SMILES string of the molecule is CC(Nc1c(F)cccc1Cl)c1ccc(O)cc1O. The highest BCUT2D eigenvalue weighted by molar-refractivity contribution is 6.33. The van der Waals surface area contributed by atoms with Gasteiger partial charge in [0.05, 0.1) is 16.8 Å². The van der Waals surface area contributed by atoms with Gasteiger partial charge in [-0.05, 0) is 31.2 Å². The van der Waals surface area contributed by atoms with E-state index in [2.05, 4.69) is 5.32 Å². The lowest BCUT2D eigenvalue weighted by Crippen LogP contribution is -2.08. The minimum Gasteiger partial charge on any atom is -0.508 e. The maximum Gasteiger partial charge on any atom is 0.147 e. The number of phenols is 2. The highest BCUT2D eigenvalue weighted by Gasteiger charge is 2.14. The second-order valence-electron chi connectivity index (χ2n) is 4.21. The van der Waals surface area contributed by atoms with Crippen LogP contribution in [0.5, 0.6) is 11.5 Å². The van der Waals surface area contributed by atoms with E-state index in [4.69, 9.17) is 11.6 Å². The van der Waals surface area contributed by atoms with Crippen molar-refractivity contribution in [3.63, 3.8) is 0 Å². The monoisotopic (exact) mass is 281 g/mol. The topological polar surface area (TPSA) is 52.5 Å². The fraction of sp³-hybridized carbons (Fsp3) is 0.143. The molecule has 100 valence electrons. The van der Waals surface area contributed by atoms with Crippen LogP contribution in [0.15, 0.2) is 36.4 Å². The van der Waals surface area contributed by atoms with Crippen LogP contribution in [0.1, 0.15) is 18.5 Å². The predicted octanol–water partition coefficient (Wildman–Crippen LogP) is 4.06. The number of phenolic OH excluding ortho intramolecular Hbond substituents is 2. The van der Waals surface area contributed by atoms with Gasteiger partial charge in [0.1, 0.15) is 17.3 Å². The maximum atomic E-state index is 13.6. The average molecular weight is 282 g/mol. The van der Waals surface area contributed by atoms with Gasteiger partial charge in [0.2, 0.25) is 0 Å². The van der Waals surface area contributed by atoms with Gasteiger partial charge >= 0.3 is 0 Å². The average Bonchev–Trinajstić information content (AvgIpc) is 2.33. The van der Waals surface area contributed by atoms with Gasteiger partial charge in [0, 0.05) is 11.6 Å². The van der Waals surface area contributed by atoms with Gasteiger partial charge in [0.25, 0.3) is 0 Å². The fourth-order valence-electron chi connectivity index (χ4n) is 1.83. The van der Waals surface area contributed by atoms with E-state index in [-0.39, 0.29) is 28.3 Å². The highest BCUT2D eigenvalue weighted by Crippen LogP contribution is 2.33. The van der Waals surface area contributed by atoms with E-state index in [1.807, 2.05) is 0 Å². The van der Waals surface area contributed by atoms with Crippen molar-refractivity contribution in [1.29, 1.82) is 0 Å². The highest BCUT2D eigenvalue weighted by atomic mass is 35.5. The van der Waals surface area contributed by atoms with Gasteiger partial charge in [-0.2, -0.15) is 0 Å². The molecule has 0 saturated carbocycles. The summed E-state index contributed by atoms with van der Waals surface area (Å²) in [5.74, 6) is -0.553. The number of anilines is 1. The molecule has 19 heavy (non-hydrogen) atoms. The van der Waals surface area contributed by atoms with E-state index in [9.17, 15) is 14.6 Å². The third-order valence-electron chi connectivity index (χ3n) is 2.80. The van der Waals surface area contributed by atoms with Crippen molar-refractivity contribution in [1.82, 2.24) is 0 Å². The van der Waals surface area contributed by atoms with Crippen molar-refractivity contribution < 1.29 is 14.6 Å². The fourth-order valence-corrected chi connectivity index (χ4v) is 2.05. The van der Waals surface area contributed by atoms with E-state index in [1.165, 1.54) is 24.3 Å². The lowest BCUT2D eigenvalue weighted by atomic mass is 10.1. The van der Waals surface area contributed by atoms with Gasteiger partial charge < -0.3 is 15.5 Å². The van der Waals surface area contributed by atoms with Crippen LogP contribution in [-0.4, -0.2) is 10.2 Å². The Morgan fingerprint density at radius 1 is 1.21 bits per heavy atom. The molecule has 5 heteroatoms. The molecule has 0 spiro atoms. The molecular formula is C14H13ClFNO2. The molecule has 0 bridgehead atoms. The summed E-state index contributed by atoms with van der Waals surface area (Å²) in [5.41, 5.74) is 0.723. The molecule has 0 fully saturated rings. The zero-order chi connectivity index (χ0) is 14.0. The summed E-state index contributed by atoms with van der Waals surface area (Å²) in [4.78, 5) is 0. The molecule has 0 amide bonds. The molecule has 0 saturated heterocycles. The standard InChI is InChI=1S/C14H13ClFNO2/c1-8(10-6-5-9(18)7-13(10)19)17-14-11(15)3-2-4-12(14)16/h2-8,17-19H,1H3. The molecule has 2 aromatic carbocycles. The number of halogens is 2. The summed E-state index contributed by atoms with van der Waals surface area (Å²) < 4.78 is 13.6. The van der Waals surface area contributed by atoms with E-state index in [1.54, 1.807) is 19.1 Å². The Balaban J connectivity index is 2.28. The Morgan fingerprint density at radius 3 is 2.58 bits per heavy atom. The lowest BCUT2D eigenvalue weighted by Gasteiger charge is -2.18. The Bertz CT molecular complexity index is 584. The first-order chi connectivity index (χ1) is 8.99. The van der Waals surface area contributed by atoms with Crippen molar-refractivity contribution in [2.75, 3.05) is 5.32 Å². The summed E-state index contributed by atoms with van der Waals surface area (Å²) in [6.45, 7) is 1.76. The van der Waals surface area contributed by atoms with Gasteiger partial charge in [0.15, 0.2) is 0 Å². The first kappa shape index (κ1) is 13.5. The summed E-state index contributed by atoms with van der Waals surface area (Å²) in [7, 11) is 0. The molecule has 0 heterocycles. The molecule has 1 atom stereocenters. The van der Waals surface area contributed by atoms with Crippen LogP contribution in [0.2, 0.25) is 5.02 Å². The third-order valence-corrected chi connectivity index (χ3v) is 3.12.